The Hall–Kier alpha value is -1.89. The molecule has 0 aliphatic carbocycles. The molecule has 2 fully saturated rings. The summed E-state index contributed by atoms with van der Waals surface area (Å²) in [5.41, 5.74) is 2.03. The number of rotatable bonds is 5. The lowest BCUT2D eigenvalue weighted by atomic mass is 10.2. The smallest absolute Gasteiger partial charge is 0.253 e. The Labute approximate surface area is 147 Å². The third kappa shape index (κ3) is 3.86. The van der Waals surface area contributed by atoms with Crippen molar-refractivity contribution in [2.24, 2.45) is 0 Å². The number of hydrogen-bond acceptors (Lipinski definition) is 4. The highest BCUT2D eigenvalue weighted by Crippen LogP contribution is 2.22. The monoisotopic (exact) mass is 343 g/mol. The first kappa shape index (κ1) is 16.6. The maximum atomic E-state index is 12.2. The fourth-order valence-electron chi connectivity index (χ4n) is 3.55. The van der Waals surface area contributed by atoms with Crippen LogP contribution >= 0.6 is 0 Å². The van der Waals surface area contributed by atoms with Gasteiger partial charge in [0.25, 0.3) is 5.91 Å². The van der Waals surface area contributed by atoms with Crippen molar-refractivity contribution in [3.05, 3.63) is 30.5 Å². The van der Waals surface area contributed by atoms with Crippen LogP contribution in [0.1, 0.15) is 12.8 Å². The van der Waals surface area contributed by atoms with Crippen molar-refractivity contribution in [3.63, 3.8) is 0 Å². The van der Waals surface area contributed by atoms with E-state index in [0.717, 1.165) is 63.3 Å². The van der Waals surface area contributed by atoms with Gasteiger partial charge in [-0.05, 0) is 37.1 Å². The molecule has 6 nitrogen and oxygen atoms in total. The molecule has 2 saturated heterocycles. The molecule has 1 aromatic heterocycles. The number of morpholine rings is 1. The highest BCUT2D eigenvalue weighted by atomic mass is 16.5. The minimum absolute atomic E-state index is 0.0383. The van der Waals surface area contributed by atoms with E-state index in [1.165, 1.54) is 5.52 Å². The quantitative estimate of drug-likeness (QED) is 0.903. The van der Waals surface area contributed by atoms with E-state index in [9.17, 15) is 4.79 Å². The Morgan fingerprint density at radius 2 is 2.04 bits per heavy atom. The standard InChI is InChI=1S/C19H25N3O3/c23-19(18-2-1-11-25-18)20-16-3-4-17-15(14-16)5-6-22(17)8-7-21-9-12-24-13-10-21/h3-6,14,18H,1-2,7-13H2,(H,20,23). The number of amides is 1. The largest absolute Gasteiger partial charge is 0.379 e. The van der Waals surface area contributed by atoms with E-state index in [4.69, 9.17) is 9.47 Å². The van der Waals surface area contributed by atoms with Crippen LogP contribution in [0.25, 0.3) is 10.9 Å². The van der Waals surface area contributed by atoms with Gasteiger partial charge in [0, 0.05) is 55.6 Å². The lowest BCUT2D eigenvalue weighted by molar-refractivity contribution is -0.124. The zero-order valence-electron chi connectivity index (χ0n) is 14.4. The first-order valence-electron chi connectivity index (χ1n) is 9.11. The van der Waals surface area contributed by atoms with E-state index in [2.05, 4.69) is 33.1 Å². The second kappa shape index (κ2) is 7.56. The summed E-state index contributed by atoms with van der Waals surface area (Å²) in [4.78, 5) is 14.6. The molecule has 1 N–H and O–H groups in total. The average Bonchev–Trinajstić information content (AvgIpc) is 3.31. The van der Waals surface area contributed by atoms with Crippen LogP contribution in [0.5, 0.6) is 0 Å². The van der Waals surface area contributed by atoms with Crippen LogP contribution in [0, 0.1) is 0 Å². The SMILES string of the molecule is O=C(Nc1ccc2c(ccn2CCN2CCOCC2)c1)C1CCCO1. The van der Waals surface area contributed by atoms with E-state index in [1.54, 1.807) is 0 Å². The molecule has 1 amide bonds. The summed E-state index contributed by atoms with van der Waals surface area (Å²) in [6, 6.07) is 8.20. The van der Waals surface area contributed by atoms with Gasteiger partial charge < -0.3 is 19.4 Å². The van der Waals surface area contributed by atoms with Gasteiger partial charge in [0.15, 0.2) is 0 Å². The molecule has 134 valence electrons. The van der Waals surface area contributed by atoms with Crippen molar-refractivity contribution < 1.29 is 14.3 Å². The summed E-state index contributed by atoms with van der Waals surface area (Å²) in [5, 5.41) is 4.12. The maximum absolute atomic E-state index is 12.2. The van der Waals surface area contributed by atoms with Crippen LogP contribution in [0.2, 0.25) is 0 Å². The number of nitrogens with zero attached hydrogens (tertiary/aromatic N) is 2. The number of ether oxygens (including phenoxy) is 2. The van der Waals surface area contributed by atoms with E-state index >= 15 is 0 Å². The molecule has 25 heavy (non-hydrogen) atoms. The van der Waals surface area contributed by atoms with Gasteiger partial charge in [-0.25, -0.2) is 0 Å². The van der Waals surface area contributed by atoms with Crippen molar-refractivity contribution in [2.45, 2.75) is 25.5 Å². The van der Waals surface area contributed by atoms with Gasteiger partial charge in [-0.3, -0.25) is 9.69 Å². The Bertz CT molecular complexity index is 731. The highest BCUT2D eigenvalue weighted by molar-refractivity contribution is 5.96. The maximum Gasteiger partial charge on any atom is 0.253 e. The topological polar surface area (TPSA) is 55.7 Å². The molecular weight excluding hydrogens is 318 g/mol. The number of fused-ring (bicyclic) bond motifs is 1. The highest BCUT2D eigenvalue weighted by Gasteiger charge is 2.23. The molecule has 4 rings (SSSR count). The third-order valence-corrected chi connectivity index (χ3v) is 5.02. The fourth-order valence-corrected chi connectivity index (χ4v) is 3.55. The number of anilines is 1. The molecule has 0 bridgehead atoms. The van der Waals surface area contributed by atoms with Gasteiger partial charge in [0.1, 0.15) is 6.10 Å². The van der Waals surface area contributed by atoms with E-state index in [-0.39, 0.29) is 12.0 Å². The molecule has 6 heteroatoms. The zero-order chi connectivity index (χ0) is 17.1. The van der Waals surface area contributed by atoms with Crippen molar-refractivity contribution in [1.82, 2.24) is 9.47 Å². The van der Waals surface area contributed by atoms with Gasteiger partial charge >= 0.3 is 0 Å². The van der Waals surface area contributed by atoms with Gasteiger partial charge in [0.05, 0.1) is 13.2 Å². The first-order chi connectivity index (χ1) is 12.3. The van der Waals surface area contributed by atoms with Gasteiger partial charge in [-0.1, -0.05) is 0 Å². The van der Waals surface area contributed by atoms with Crippen LogP contribution in [-0.2, 0) is 20.8 Å². The normalized spacial score (nSPS) is 21.7. The average molecular weight is 343 g/mol. The fraction of sp³-hybridized carbons (Fsp3) is 0.526. The summed E-state index contributed by atoms with van der Waals surface area (Å²) in [7, 11) is 0. The second-order valence-corrected chi connectivity index (χ2v) is 6.73. The summed E-state index contributed by atoms with van der Waals surface area (Å²) in [6.45, 7) is 6.37. The molecule has 0 saturated carbocycles. The molecule has 2 aliphatic heterocycles. The Morgan fingerprint density at radius 1 is 1.16 bits per heavy atom. The van der Waals surface area contributed by atoms with Gasteiger partial charge in [-0.2, -0.15) is 0 Å². The predicted octanol–water partition coefficient (Wildman–Crippen LogP) is 2.09. The summed E-state index contributed by atoms with van der Waals surface area (Å²) < 4.78 is 13.1. The summed E-state index contributed by atoms with van der Waals surface area (Å²) in [6.07, 6.45) is 3.60. The molecule has 1 atom stereocenters. The predicted molar refractivity (Wildman–Crippen MR) is 96.8 cm³/mol. The first-order valence-corrected chi connectivity index (χ1v) is 9.11. The van der Waals surface area contributed by atoms with Gasteiger partial charge in [0.2, 0.25) is 0 Å². The third-order valence-electron chi connectivity index (χ3n) is 5.02. The Morgan fingerprint density at radius 3 is 2.84 bits per heavy atom. The van der Waals surface area contributed by atoms with Crippen molar-refractivity contribution in [3.8, 4) is 0 Å². The number of nitrogens with one attached hydrogen (secondary N) is 1. The number of benzene rings is 1. The van der Waals surface area contributed by atoms with Crippen LogP contribution in [-0.4, -0.2) is 60.9 Å². The Kier molecular flexibility index (Phi) is 5.01. The zero-order valence-corrected chi connectivity index (χ0v) is 14.4. The summed E-state index contributed by atoms with van der Waals surface area (Å²) in [5.74, 6) is -0.0383. The molecule has 2 aromatic rings. The molecule has 3 heterocycles. The molecule has 2 aliphatic rings. The number of hydrogen-bond donors (Lipinski definition) is 1. The van der Waals surface area contributed by atoms with E-state index < -0.39 is 0 Å². The Balaban J connectivity index is 1.40. The number of carbonyl (C=O) groups excluding carboxylic acids is 1. The molecule has 0 spiro atoms. The van der Waals surface area contributed by atoms with Crippen LogP contribution in [0.15, 0.2) is 30.5 Å². The van der Waals surface area contributed by atoms with Crippen molar-refractivity contribution in [1.29, 1.82) is 0 Å². The van der Waals surface area contributed by atoms with Gasteiger partial charge in [-0.15, -0.1) is 0 Å². The number of carbonyl (C=O) groups is 1. The molecule has 0 radical (unpaired) electrons. The minimum atomic E-state index is -0.297. The lowest BCUT2D eigenvalue weighted by Gasteiger charge is -2.26. The van der Waals surface area contributed by atoms with Crippen molar-refractivity contribution in [2.75, 3.05) is 44.8 Å². The molecule has 1 unspecified atom stereocenters. The molecular formula is C19H25N3O3. The summed E-state index contributed by atoms with van der Waals surface area (Å²) >= 11 is 0. The van der Waals surface area contributed by atoms with Crippen molar-refractivity contribution >= 4 is 22.5 Å². The van der Waals surface area contributed by atoms with Crippen LogP contribution in [0.3, 0.4) is 0 Å². The minimum Gasteiger partial charge on any atom is -0.379 e. The number of aromatic nitrogens is 1. The molecule has 1 aromatic carbocycles. The van der Waals surface area contributed by atoms with Crippen LogP contribution < -0.4 is 5.32 Å². The lowest BCUT2D eigenvalue weighted by Crippen LogP contribution is -2.38. The second-order valence-electron chi connectivity index (χ2n) is 6.73. The van der Waals surface area contributed by atoms with E-state index in [1.807, 2.05) is 12.1 Å². The van der Waals surface area contributed by atoms with E-state index in [0.29, 0.717) is 6.61 Å². The van der Waals surface area contributed by atoms with Crippen LogP contribution in [0.4, 0.5) is 5.69 Å².